The van der Waals surface area contributed by atoms with Gasteiger partial charge in [-0.2, -0.15) is 0 Å². The number of hydrogen-bond donors (Lipinski definition) is 1. The average Bonchev–Trinajstić information content (AvgIpc) is 2.19. The van der Waals surface area contributed by atoms with Gasteiger partial charge in [0.25, 0.3) is 0 Å². The van der Waals surface area contributed by atoms with Gasteiger partial charge in [0.1, 0.15) is 5.82 Å². The maximum atomic E-state index is 4.26. The third-order valence-corrected chi connectivity index (χ3v) is 2.73. The molecule has 72 valence electrons. The Hall–Kier alpha value is -1.16. The van der Waals surface area contributed by atoms with Crippen molar-refractivity contribution in [2.45, 2.75) is 6.92 Å². The van der Waals surface area contributed by atoms with Gasteiger partial charge in [0.15, 0.2) is 0 Å². The Labute approximate surface area is 90.7 Å². The van der Waals surface area contributed by atoms with Crippen molar-refractivity contribution in [1.82, 2.24) is 9.97 Å². The molecule has 0 fully saturated rings. The van der Waals surface area contributed by atoms with Crippen molar-refractivity contribution in [1.29, 1.82) is 0 Å². The highest BCUT2D eigenvalue weighted by Gasteiger charge is 2.04. The summed E-state index contributed by atoms with van der Waals surface area (Å²) in [4.78, 5) is 8.51. The van der Waals surface area contributed by atoms with E-state index in [1.54, 1.807) is 6.20 Å². The van der Waals surface area contributed by atoms with Gasteiger partial charge in [-0.25, -0.2) is 4.98 Å². The van der Waals surface area contributed by atoms with Gasteiger partial charge in [0.2, 0.25) is 0 Å². The van der Waals surface area contributed by atoms with Crippen molar-refractivity contribution in [3.8, 4) is 0 Å². The third kappa shape index (κ3) is 1.46. The number of fused-ring (bicyclic) bond motifs is 1. The van der Waals surface area contributed by atoms with Gasteiger partial charge in [-0.15, -0.1) is 0 Å². The number of pyridine rings is 2. The largest absolute Gasteiger partial charge is 0.373 e. The van der Waals surface area contributed by atoms with E-state index in [4.69, 9.17) is 0 Å². The summed E-state index contributed by atoms with van der Waals surface area (Å²) in [6.45, 7) is 1.98. The van der Waals surface area contributed by atoms with E-state index in [0.717, 1.165) is 26.8 Å². The number of hydrogen-bond acceptors (Lipinski definition) is 3. The standard InChI is InChI=1S/C10H10BrN3/c1-6-3-7-8(4-13-6)10(12-2)14-5-9(7)11/h3-5H,1-2H3,(H,12,14). The summed E-state index contributed by atoms with van der Waals surface area (Å²) in [6, 6.07) is 2.04. The van der Waals surface area contributed by atoms with Crippen LogP contribution < -0.4 is 5.32 Å². The Bertz CT molecular complexity index is 482. The molecule has 0 unspecified atom stereocenters. The van der Waals surface area contributed by atoms with Crippen LogP contribution in [-0.2, 0) is 0 Å². The van der Waals surface area contributed by atoms with Gasteiger partial charge in [-0.3, -0.25) is 4.98 Å². The van der Waals surface area contributed by atoms with Crippen LogP contribution in [0.15, 0.2) is 22.9 Å². The second kappa shape index (κ2) is 3.53. The minimum atomic E-state index is 0.857. The quantitative estimate of drug-likeness (QED) is 0.847. The topological polar surface area (TPSA) is 37.8 Å². The Morgan fingerprint density at radius 3 is 2.71 bits per heavy atom. The maximum absolute atomic E-state index is 4.26. The lowest BCUT2D eigenvalue weighted by Crippen LogP contribution is -1.94. The number of aryl methyl sites for hydroxylation is 1. The lowest BCUT2D eigenvalue weighted by Gasteiger charge is -2.06. The molecule has 2 aromatic heterocycles. The predicted octanol–water partition coefficient (Wildman–Crippen LogP) is 2.74. The van der Waals surface area contributed by atoms with Crippen LogP contribution in [0.25, 0.3) is 10.8 Å². The molecular weight excluding hydrogens is 242 g/mol. The van der Waals surface area contributed by atoms with Crippen LogP contribution in [0.1, 0.15) is 5.69 Å². The number of nitrogens with one attached hydrogen (secondary N) is 1. The molecule has 0 saturated carbocycles. The first kappa shape index (κ1) is 9.40. The summed E-state index contributed by atoms with van der Waals surface area (Å²) in [5, 5.41) is 5.22. The van der Waals surface area contributed by atoms with Gasteiger partial charge in [-0.05, 0) is 28.9 Å². The van der Waals surface area contributed by atoms with Crippen LogP contribution in [0, 0.1) is 6.92 Å². The Morgan fingerprint density at radius 1 is 1.21 bits per heavy atom. The average molecular weight is 252 g/mol. The summed E-state index contributed by atoms with van der Waals surface area (Å²) in [5.41, 5.74) is 1.01. The molecule has 0 aliphatic heterocycles. The van der Waals surface area contributed by atoms with Gasteiger partial charge in [0.05, 0.1) is 0 Å². The summed E-state index contributed by atoms with van der Waals surface area (Å²) in [6.07, 6.45) is 3.64. The van der Waals surface area contributed by atoms with Crippen LogP contribution in [0.2, 0.25) is 0 Å². The molecule has 0 aliphatic carbocycles. The van der Waals surface area contributed by atoms with Crippen molar-refractivity contribution < 1.29 is 0 Å². The van der Waals surface area contributed by atoms with Gasteiger partial charge in [-0.1, -0.05) is 0 Å². The molecule has 2 aromatic rings. The molecule has 0 aromatic carbocycles. The molecule has 0 spiro atoms. The van der Waals surface area contributed by atoms with E-state index in [1.165, 1.54) is 0 Å². The third-order valence-electron chi connectivity index (χ3n) is 2.10. The maximum Gasteiger partial charge on any atom is 0.135 e. The van der Waals surface area contributed by atoms with Crippen molar-refractivity contribution >= 4 is 32.5 Å². The van der Waals surface area contributed by atoms with E-state index < -0.39 is 0 Å². The molecule has 1 N–H and O–H groups in total. The van der Waals surface area contributed by atoms with E-state index in [0.29, 0.717) is 0 Å². The number of halogens is 1. The molecule has 3 nitrogen and oxygen atoms in total. The minimum Gasteiger partial charge on any atom is -0.373 e. The molecule has 4 heteroatoms. The minimum absolute atomic E-state index is 0.857. The van der Waals surface area contributed by atoms with Crippen LogP contribution in [-0.4, -0.2) is 17.0 Å². The van der Waals surface area contributed by atoms with Crippen LogP contribution in [0.5, 0.6) is 0 Å². The highest BCUT2D eigenvalue weighted by molar-refractivity contribution is 9.10. The summed E-state index contributed by atoms with van der Waals surface area (Å²) >= 11 is 3.48. The first-order valence-electron chi connectivity index (χ1n) is 4.31. The lowest BCUT2D eigenvalue weighted by molar-refractivity contribution is 1.21. The zero-order valence-corrected chi connectivity index (χ0v) is 9.59. The normalized spacial score (nSPS) is 10.5. The molecule has 2 heterocycles. The molecular formula is C10H10BrN3. The molecule has 0 amide bonds. The van der Waals surface area contributed by atoms with Crippen molar-refractivity contribution in [3.63, 3.8) is 0 Å². The highest BCUT2D eigenvalue weighted by atomic mass is 79.9. The number of nitrogens with zero attached hydrogens (tertiary/aromatic N) is 2. The molecule has 0 saturated heterocycles. The second-order valence-electron chi connectivity index (χ2n) is 3.08. The first-order valence-corrected chi connectivity index (χ1v) is 5.10. The Balaban J connectivity index is 2.84. The fourth-order valence-corrected chi connectivity index (χ4v) is 1.84. The highest BCUT2D eigenvalue weighted by Crippen LogP contribution is 2.27. The van der Waals surface area contributed by atoms with Crippen molar-refractivity contribution in [2.24, 2.45) is 0 Å². The molecule has 2 rings (SSSR count). The van der Waals surface area contributed by atoms with E-state index in [1.807, 2.05) is 26.2 Å². The summed E-state index contributed by atoms with van der Waals surface area (Å²) in [7, 11) is 1.86. The van der Waals surface area contributed by atoms with E-state index in [-0.39, 0.29) is 0 Å². The Morgan fingerprint density at radius 2 is 2.00 bits per heavy atom. The fraction of sp³-hybridized carbons (Fsp3) is 0.200. The summed E-state index contributed by atoms with van der Waals surface area (Å²) < 4.78 is 0.997. The number of anilines is 1. The van der Waals surface area contributed by atoms with E-state index in [2.05, 4.69) is 31.2 Å². The van der Waals surface area contributed by atoms with E-state index in [9.17, 15) is 0 Å². The smallest absolute Gasteiger partial charge is 0.135 e. The zero-order chi connectivity index (χ0) is 10.1. The molecule has 14 heavy (non-hydrogen) atoms. The lowest BCUT2D eigenvalue weighted by atomic mass is 10.2. The number of rotatable bonds is 1. The van der Waals surface area contributed by atoms with Crippen LogP contribution >= 0.6 is 15.9 Å². The van der Waals surface area contributed by atoms with Gasteiger partial charge >= 0.3 is 0 Å². The summed E-state index contributed by atoms with van der Waals surface area (Å²) in [5.74, 6) is 0.857. The zero-order valence-electron chi connectivity index (χ0n) is 8.00. The van der Waals surface area contributed by atoms with Gasteiger partial charge < -0.3 is 5.32 Å². The van der Waals surface area contributed by atoms with Crippen LogP contribution in [0.3, 0.4) is 0 Å². The monoisotopic (exact) mass is 251 g/mol. The van der Waals surface area contributed by atoms with E-state index >= 15 is 0 Å². The molecule has 0 aliphatic rings. The van der Waals surface area contributed by atoms with Crippen molar-refractivity contribution in [2.75, 3.05) is 12.4 Å². The number of aromatic nitrogens is 2. The fourth-order valence-electron chi connectivity index (χ4n) is 1.41. The first-order chi connectivity index (χ1) is 6.72. The second-order valence-corrected chi connectivity index (χ2v) is 3.93. The van der Waals surface area contributed by atoms with Crippen molar-refractivity contribution in [3.05, 3.63) is 28.6 Å². The molecule has 0 bridgehead atoms. The predicted molar refractivity (Wildman–Crippen MR) is 61.5 cm³/mol. The molecule has 0 radical (unpaired) electrons. The van der Waals surface area contributed by atoms with Gasteiger partial charge in [0, 0.05) is 40.4 Å². The molecule has 0 atom stereocenters. The Kier molecular flexibility index (Phi) is 2.37. The van der Waals surface area contributed by atoms with Crippen LogP contribution in [0.4, 0.5) is 5.82 Å². The SMILES string of the molecule is CNc1ncc(Br)c2cc(C)ncc12.